The van der Waals surface area contributed by atoms with Crippen LogP contribution in [0.4, 0.5) is 4.79 Å². The maximum atomic E-state index is 12.0. The Labute approximate surface area is 191 Å². The number of aliphatic imine (C=N–C) groups is 1. The van der Waals surface area contributed by atoms with Crippen LogP contribution in [0.2, 0.25) is 0 Å². The molecule has 8 nitrogen and oxygen atoms in total. The van der Waals surface area contributed by atoms with Gasteiger partial charge >= 0.3 is 6.09 Å². The summed E-state index contributed by atoms with van der Waals surface area (Å²) >= 11 is 0. The molecule has 1 aromatic rings. The number of guanidine groups is 1. The summed E-state index contributed by atoms with van der Waals surface area (Å²) in [7, 11) is 1.79. The van der Waals surface area contributed by atoms with Crippen molar-refractivity contribution in [1.29, 1.82) is 0 Å². The molecule has 2 N–H and O–H groups in total. The average molecular weight is 447 g/mol. The molecule has 2 heterocycles. The summed E-state index contributed by atoms with van der Waals surface area (Å²) in [6, 6.07) is 8.50. The van der Waals surface area contributed by atoms with Crippen molar-refractivity contribution in [3.63, 3.8) is 0 Å². The number of likely N-dealkylation sites (tertiary alicyclic amines) is 1. The molecule has 1 amide bonds. The Hall–Kier alpha value is -2.32. The first-order valence-corrected chi connectivity index (χ1v) is 11.5. The zero-order valence-corrected chi connectivity index (χ0v) is 19.9. The molecular weight excluding hydrogens is 408 g/mol. The predicted octanol–water partition coefficient (Wildman–Crippen LogP) is 3.06. The van der Waals surface area contributed by atoms with Crippen molar-refractivity contribution >= 4 is 12.1 Å². The van der Waals surface area contributed by atoms with Gasteiger partial charge in [-0.1, -0.05) is 24.3 Å². The summed E-state index contributed by atoms with van der Waals surface area (Å²) in [4.78, 5) is 18.6. The fourth-order valence-electron chi connectivity index (χ4n) is 3.94. The van der Waals surface area contributed by atoms with Gasteiger partial charge in [-0.3, -0.25) is 4.99 Å². The molecular formula is C24H38N4O4. The second kappa shape index (κ2) is 11.5. The van der Waals surface area contributed by atoms with Crippen molar-refractivity contribution < 1.29 is 19.0 Å². The molecule has 0 saturated carbocycles. The fraction of sp³-hybridized carbons (Fsp3) is 0.667. The molecule has 2 saturated heterocycles. The molecule has 178 valence electrons. The zero-order valence-electron chi connectivity index (χ0n) is 19.9. The number of carbonyl (C=O) groups excluding carboxylic acids is 1. The lowest BCUT2D eigenvalue weighted by atomic mass is 10.1. The molecule has 0 bridgehead atoms. The molecule has 0 radical (unpaired) electrons. The van der Waals surface area contributed by atoms with Gasteiger partial charge in [-0.15, -0.1) is 0 Å². The quantitative estimate of drug-likeness (QED) is 0.516. The van der Waals surface area contributed by atoms with E-state index < -0.39 is 5.60 Å². The van der Waals surface area contributed by atoms with Crippen LogP contribution in [0, 0.1) is 0 Å². The van der Waals surface area contributed by atoms with E-state index in [2.05, 4.69) is 44.8 Å². The van der Waals surface area contributed by atoms with Gasteiger partial charge in [-0.2, -0.15) is 0 Å². The number of carbonyl (C=O) groups is 1. The summed E-state index contributed by atoms with van der Waals surface area (Å²) in [5.74, 6) is 0.836. The summed E-state index contributed by atoms with van der Waals surface area (Å²) in [5.41, 5.74) is 1.86. The molecule has 1 atom stereocenters. The van der Waals surface area contributed by atoms with E-state index in [-0.39, 0.29) is 12.1 Å². The van der Waals surface area contributed by atoms with Crippen LogP contribution >= 0.6 is 0 Å². The van der Waals surface area contributed by atoms with Crippen LogP contribution in [0.25, 0.3) is 0 Å². The number of amides is 1. The van der Waals surface area contributed by atoms with E-state index in [0.29, 0.717) is 25.8 Å². The topological polar surface area (TPSA) is 84.4 Å². The van der Waals surface area contributed by atoms with Crippen LogP contribution < -0.4 is 10.6 Å². The SMILES string of the molecule is CN=C(NCc1cccc(COC2CCOCC2)c1)N1CCC(NC(=O)OC(C)(C)C)C1. The van der Waals surface area contributed by atoms with Crippen LogP contribution in [0.1, 0.15) is 51.2 Å². The Bertz CT molecular complexity index is 772. The van der Waals surface area contributed by atoms with Gasteiger partial charge in [0.05, 0.1) is 18.8 Å². The monoisotopic (exact) mass is 446 g/mol. The average Bonchev–Trinajstić information content (AvgIpc) is 3.20. The van der Waals surface area contributed by atoms with Crippen LogP contribution in [0.3, 0.4) is 0 Å². The largest absolute Gasteiger partial charge is 0.444 e. The first-order valence-electron chi connectivity index (χ1n) is 11.5. The van der Waals surface area contributed by atoms with E-state index in [0.717, 1.165) is 45.0 Å². The van der Waals surface area contributed by atoms with Crippen LogP contribution in [-0.4, -0.2) is 68.1 Å². The Morgan fingerprint density at radius 3 is 2.69 bits per heavy atom. The van der Waals surface area contributed by atoms with Gasteiger partial charge in [0.25, 0.3) is 0 Å². The van der Waals surface area contributed by atoms with Gasteiger partial charge in [0.15, 0.2) is 5.96 Å². The first-order chi connectivity index (χ1) is 15.3. The normalized spacial score (nSPS) is 20.3. The lowest BCUT2D eigenvalue weighted by Crippen LogP contribution is -2.44. The summed E-state index contributed by atoms with van der Waals surface area (Å²) in [6.07, 6.45) is 2.72. The van der Waals surface area contributed by atoms with E-state index >= 15 is 0 Å². The highest BCUT2D eigenvalue weighted by atomic mass is 16.6. The number of alkyl carbamates (subject to hydrolysis) is 1. The van der Waals surface area contributed by atoms with Crippen molar-refractivity contribution in [2.75, 3.05) is 33.4 Å². The number of ether oxygens (including phenoxy) is 3. The van der Waals surface area contributed by atoms with Crippen LogP contribution in [-0.2, 0) is 27.4 Å². The van der Waals surface area contributed by atoms with E-state index in [4.69, 9.17) is 14.2 Å². The third-order valence-electron chi connectivity index (χ3n) is 5.52. The lowest BCUT2D eigenvalue weighted by molar-refractivity contribution is -0.0390. The van der Waals surface area contributed by atoms with Gasteiger partial charge in [0.2, 0.25) is 0 Å². The van der Waals surface area contributed by atoms with Gasteiger partial charge in [0, 0.05) is 39.9 Å². The Morgan fingerprint density at radius 1 is 1.22 bits per heavy atom. The molecule has 8 heteroatoms. The number of benzene rings is 1. The molecule has 0 spiro atoms. The predicted molar refractivity (Wildman–Crippen MR) is 125 cm³/mol. The molecule has 2 fully saturated rings. The van der Waals surface area contributed by atoms with Crippen molar-refractivity contribution in [1.82, 2.24) is 15.5 Å². The fourth-order valence-corrected chi connectivity index (χ4v) is 3.94. The maximum Gasteiger partial charge on any atom is 0.407 e. The smallest absolute Gasteiger partial charge is 0.407 e. The van der Waals surface area contributed by atoms with Gasteiger partial charge in [-0.25, -0.2) is 4.79 Å². The third-order valence-corrected chi connectivity index (χ3v) is 5.52. The molecule has 2 aliphatic rings. The molecule has 0 aromatic heterocycles. The Kier molecular flexibility index (Phi) is 8.75. The molecule has 0 aliphatic carbocycles. The first kappa shape index (κ1) is 24.3. The van der Waals surface area contributed by atoms with E-state index in [1.54, 1.807) is 7.05 Å². The van der Waals surface area contributed by atoms with Gasteiger partial charge in [-0.05, 0) is 51.2 Å². The van der Waals surface area contributed by atoms with E-state index in [1.807, 2.05) is 20.8 Å². The number of hydrogen-bond acceptors (Lipinski definition) is 5. The van der Waals surface area contributed by atoms with Gasteiger partial charge < -0.3 is 29.7 Å². The summed E-state index contributed by atoms with van der Waals surface area (Å²) in [6.45, 7) is 10.0. The molecule has 1 unspecified atom stereocenters. The summed E-state index contributed by atoms with van der Waals surface area (Å²) < 4.78 is 16.8. The van der Waals surface area contributed by atoms with Crippen molar-refractivity contribution in [2.45, 2.75) is 70.9 Å². The molecule has 32 heavy (non-hydrogen) atoms. The Morgan fingerprint density at radius 2 is 1.97 bits per heavy atom. The highest BCUT2D eigenvalue weighted by Crippen LogP contribution is 2.15. The number of nitrogens with one attached hydrogen (secondary N) is 2. The molecule has 1 aromatic carbocycles. The van der Waals surface area contributed by atoms with E-state index in [1.165, 1.54) is 11.1 Å². The third kappa shape index (κ3) is 7.98. The highest BCUT2D eigenvalue weighted by Gasteiger charge is 2.27. The van der Waals surface area contributed by atoms with Crippen molar-refractivity contribution in [3.8, 4) is 0 Å². The lowest BCUT2D eigenvalue weighted by Gasteiger charge is -2.23. The maximum absolute atomic E-state index is 12.0. The van der Waals surface area contributed by atoms with Crippen LogP contribution in [0.5, 0.6) is 0 Å². The summed E-state index contributed by atoms with van der Waals surface area (Å²) in [5, 5.41) is 6.41. The minimum absolute atomic E-state index is 0.0501. The minimum Gasteiger partial charge on any atom is -0.444 e. The number of nitrogens with zero attached hydrogens (tertiary/aromatic N) is 2. The van der Waals surface area contributed by atoms with Crippen LogP contribution in [0.15, 0.2) is 29.3 Å². The number of hydrogen-bond donors (Lipinski definition) is 2. The minimum atomic E-state index is -0.496. The number of rotatable bonds is 6. The second-order valence-electron chi connectivity index (χ2n) is 9.42. The highest BCUT2D eigenvalue weighted by molar-refractivity contribution is 5.80. The van der Waals surface area contributed by atoms with E-state index in [9.17, 15) is 4.79 Å². The molecule has 2 aliphatic heterocycles. The van der Waals surface area contributed by atoms with Crippen molar-refractivity contribution in [3.05, 3.63) is 35.4 Å². The van der Waals surface area contributed by atoms with Crippen molar-refractivity contribution in [2.24, 2.45) is 4.99 Å². The standard InChI is InChI=1S/C24H38N4O4/c1-24(2,3)32-23(29)27-20-8-11-28(16-20)22(25-4)26-15-18-6-5-7-19(14-18)17-31-21-9-12-30-13-10-21/h5-7,14,20-21H,8-13,15-17H2,1-4H3,(H,25,26)(H,27,29). The zero-order chi connectivity index (χ0) is 23.0. The molecule has 3 rings (SSSR count). The van der Waals surface area contributed by atoms with Gasteiger partial charge in [0.1, 0.15) is 5.60 Å². The Balaban J connectivity index is 1.44. The second-order valence-corrected chi connectivity index (χ2v) is 9.42.